The first-order valence-electron chi connectivity index (χ1n) is 9.75. The van der Waals surface area contributed by atoms with Crippen molar-refractivity contribution >= 4 is 73.9 Å². The molecule has 3 aromatic heterocycles. The Kier molecular flexibility index (Phi) is 5.74. The number of fused-ring (bicyclic) bond motifs is 4. The third-order valence-electron chi connectivity index (χ3n) is 4.74. The molecule has 13 heteroatoms. The molecule has 0 radical (unpaired) electrons. The van der Waals surface area contributed by atoms with Gasteiger partial charge in [-0.2, -0.15) is 0 Å². The topological polar surface area (TPSA) is 147 Å². The molecular weight excluding hydrogens is 526 g/mol. The Morgan fingerprint density at radius 1 is 0.676 bits per heavy atom. The van der Waals surface area contributed by atoms with Crippen LogP contribution in [0.25, 0.3) is 0 Å². The van der Waals surface area contributed by atoms with Gasteiger partial charge in [-0.25, -0.2) is 4.98 Å². The zero-order valence-corrected chi connectivity index (χ0v) is 19.3. The maximum atomic E-state index is 12.0. The van der Waals surface area contributed by atoms with Crippen molar-refractivity contribution < 1.29 is 9.59 Å². The zero-order chi connectivity index (χ0) is 23.7. The number of rotatable bonds is 0. The van der Waals surface area contributed by atoms with E-state index < -0.39 is 0 Å². The van der Waals surface area contributed by atoms with Crippen molar-refractivity contribution in [3.8, 4) is 0 Å². The molecule has 1 aromatic carbocycles. The molecule has 0 unspecified atom stereocenters. The van der Waals surface area contributed by atoms with Gasteiger partial charge in [0, 0.05) is 6.20 Å². The third-order valence-corrected chi connectivity index (χ3v) is 5.31. The minimum atomic E-state index is -0.318. The molecule has 5 heterocycles. The number of aromatic nitrogens is 5. The lowest BCUT2D eigenvalue weighted by atomic mass is 10.2. The summed E-state index contributed by atoms with van der Waals surface area (Å²) in [4.78, 5) is 27.9. The van der Waals surface area contributed by atoms with E-state index in [1.807, 2.05) is 24.3 Å². The van der Waals surface area contributed by atoms with Crippen LogP contribution in [0.4, 0.5) is 34.5 Å². The molecule has 4 N–H and O–H groups in total. The highest BCUT2D eigenvalue weighted by molar-refractivity contribution is 9.10. The van der Waals surface area contributed by atoms with E-state index in [4.69, 9.17) is 11.6 Å². The maximum absolute atomic E-state index is 12.0. The van der Waals surface area contributed by atoms with Crippen LogP contribution >= 0.6 is 27.5 Å². The summed E-state index contributed by atoms with van der Waals surface area (Å²) in [5.41, 5.74) is 2.99. The number of anilines is 6. The molecule has 4 aromatic rings. The Hall–Kier alpha value is -4.16. The van der Waals surface area contributed by atoms with E-state index in [9.17, 15) is 9.59 Å². The van der Waals surface area contributed by atoms with E-state index in [1.54, 1.807) is 24.4 Å². The number of hydrogen-bond acceptors (Lipinski definition) is 9. The Balaban J connectivity index is 0.000000142. The fraction of sp³-hybridized carbons (Fsp3) is 0. The Bertz CT molecular complexity index is 1340. The van der Waals surface area contributed by atoms with Crippen LogP contribution in [0.2, 0.25) is 5.15 Å². The van der Waals surface area contributed by atoms with Crippen molar-refractivity contribution in [2.75, 3.05) is 21.3 Å². The standard InChI is InChI=1S/C11H7BrN4O.C10H6ClN5O/c12-9-5-6-10(16-15-9)13-7-3-1-2-4-8(7)14-11(6)17;11-7-4-5-8(16-15-7)13-6-2-1-3-12-9(6)14-10(5)17/h1-5H,(H,13,16)(H,14,17);1-4H,(H,13,16)(H,12,14,17). The average Bonchev–Trinajstić information content (AvgIpc) is 3.06. The number of hydrogen-bond donors (Lipinski definition) is 4. The van der Waals surface area contributed by atoms with Gasteiger partial charge in [-0.1, -0.05) is 23.7 Å². The second kappa shape index (κ2) is 9.00. The molecule has 0 spiro atoms. The van der Waals surface area contributed by atoms with E-state index in [0.29, 0.717) is 38.9 Å². The highest BCUT2D eigenvalue weighted by Gasteiger charge is 2.22. The average molecular weight is 539 g/mol. The predicted octanol–water partition coefficient (Wildman–Crippen LogP) is 4.38. The minimum absolute atomic E-state index is 0.166. The summed E-state index contributed by atoms with van der Waals surface area (Å²) >= 11 is 8.91. The molecule has 6 rings (SSSR count). The third kappa shape index (κ3) is 4.36. The fourth-order valence-corrected chi connectivity index (χ4v) is 3.65. The van der Waals surface area contributed by atoms with Gasteiger partial charge in [-0.3, -0.25) is 9.59 Å². The van der Waals surface area contributed by atoms with Crippen LogP contribution in [0.15, 0.2) is 59.3 Å². The van der Waals surface area contributed by atoms with Crippen molar-refractivity contribution in [3.63, 3.8) is 0 Å². The Morgan fingerprint density at radius 3 is 2.09 bits per heavy atom. The smallest absolute Gasteiger partial charge is 0.260 e. The van der Waals surface area contributed by atoms with Crippen molar-refractivity contribution in [1.82, 2.24) is 25.4 Å². The Morgan fingerprint density at radius 2 is 1.29 bits per heavy atom. The van der Waals surface area contributed by atoms with E-state index >= 15 is 0 Å². The van der Waals surface area contributed by atoms with Crippen molar-refractivity contribution in [2.45, 2.75) is 0 Å². The molecule has 0 saturated heterocycles. The first kappa shape index (κ1) is 21.7. The van der Waals surface area contributed by atoms with Crippen molar-refractivity contribution in [2.24, 2.45) is 0 Å². The number of benzene rings is 1. The molecule has 0 bridgehead atoms. The van der Waals surface area contributed by atoms with Crippen LogP contribution in [0.5, 0.6) is 0 Å². The first-order chi connectivity index (χ1) is 16.5. The summed E-state index contributed by atoms with van der Waals surface area (Å²) in [6.45, 7) is 0. The van der Waals surface area contributed by atoms with Gasteiger partial charge in [0.05, 0.1) is 28.2 Å². The number of nitrogens with zero attached hydrogens (tertiary/aromatic N) is 5. The van der Waals surface area contributed by atoms with Gasteiger partial charge in [-0.05, 0) is 52.3 Å². The van der Waals surface area contributed by atoms with Gasteiger partial charge in [0.25, 0.3) is 11.8 Å². The molecule has 34 heavy (non-hydrogen) atoms. The van der Waals surface area contributed by atoms with E-state index in [2.05, 4.69) is 62.6 Å². The van der Waals surface area contributed by atoms with Crippen LogP contribution in [-0.2, 0) is 0 Å². The number of para-hydroxylation sites is 2. The van der Waals surface area contributed by atoms with Gasteiger partial charge >= 0.3 is 0 Å². The Labute approximate surface area is 205 Å². The second-order valence-electron chi connectivity index (χ2n) is 6.96. The monoisotopic (exact) mass is 537 g/mol. The predicted molar refractivity (Wildman–Crippen MR) is 130 cm³/mol. The number of carbonyl (C=O) groups is 2. The van der Waals surface area contributed by atoms with Crippen LogP contribution in [-0.4, -0.2) is 37.2 Å². The lowest BCUT2D eigenvalue weighted by molar-refractivity contribution is 0.101. The number of halogens is 2. The molecular formula is C21H13BrClN9O2. The lowest BCUT2D eigenvalue weighted by Crippen LogP contribution is -2.12. The summed E-state index contributed by atoms with van der Waals surface area (Å²) in [6.07, 6.45) is 1.59. The summed E-state index contributed by atoms with van der Waals surface area (Å²) in [6, 6.07) is 14.1. The quantitative estimate of drug-likeness (QED) is 0.256. The minimum Gasteiger partial charge on any atom is -0.336 e. The van der Waals surface area contributed by atoms with Gasteiger partial charge < -0.3 is 21.3 Å². The molecule has 0 aliphatic carbocycles. The van der Waals surface area contributed by atoms with Crippen LogP contribution in [0.1, 0.15) is 20.7 Å². The molecule has 168 valence electrons. The van der Waals surface area contributed by atoms with Crippen LogP contribution in [0, 0.1) is 0 Å². The van der Waals surface area contributed by atoms with E-state index in [1.165, 1.54) is 6.07 Å². The zero-order valence-electron chi connectivity index (χ0n) is 17.0. The van der Waals surface area contributed by atoms with Crippen molar-refractivity contribution in [3.05, 3.63) is 75.6 Å². The van der Waals surface area contributed by atoms with E-state index in [0.717, 1.165) is 11.4 Å². The molecule has 0 saturated carbocycles. The molecule has 2 amide bonds. The number of amides is 2. The SMILES string of the molecule is O=C1Nc2ccccc2Nc2nnc(Br)cc21.O=C1Nc2ncccc2Nc2nnc(Cl)cc21. The molecule has 2 aliphatic heterocycles. The van der Waals surface area contributed by atoms with Crippen molar-refractivity contribution in [1.29, 1.82) is 0 Å². The van der Waals surface area contributed by atoms with E-state index in [-0.39, 0.29) is 17.0 Å². The maximum Gasteiger partial charge on any atom is 0.260 e. The summed E-state index contributed by atoms with van der Waals surface area (Å²) in [7, 11) is 0. The van der Waals surface area contributed by atoms with Gasteiger partial charge in [0.1, 0.15) is 4.60 Å². The largest absolute Gasteiger partial charge is 0.336 e. The first-order valence-corrected chi connectivity index (χ1v) is 10.9. The highest BCUT2D eigenvalue weighted by Crippen LogP contribution is 2.31. The van der Waals surface area contributed by atoms with Crippen LogP contribution < -0.4 is 21.3 Å². The summed E-state index contributed by atoms with van der Waals surface area (Å²) in [5, 5.41) is 27.1. The molecule has 2 aliphatic rings. The number of carbonyl (C=O) groups excluding carboxylic acids is 2. The summed E-state index contributed by atoms with van der Waals surface area (Å²) < 4.78 is 0.527. The van der Waals surface area contributed by atoms with Gasteiger partial charge in [0.15, 0.2) is 22.6 Å². The molecule has 0 atom stereocenters. The molecule has 0 fully saturated rings. The normalized spacial score (nSPS) is 12.9. The number of nitrogens with one attached hydrogen (secondary N) is 4. The molecule has 11 nitrogen and oxygen atoms in total. The summed E-state index contributed by atoms with van der Waals surface area (Å²) in [5.74, 6) is 0.746. The number of pyridine rings is 1. The lowest BCUT2D eigenvalue weighted by Gasteiger charge is -2.05. The second-order valence-corrected chi connectivity index (χ2v) is 8.16. The highest BCUT2D eigenvalue weighted by atomic mass is 79.9. The van der Waals surface area contributed by atoms with Gasteiger partial charge in [0.2, 0.25) is 0 Å². The van der Waals surface area contributed by atoms with Gasteiger partial charge in [-0.15, -0.1) is 20.4 Å². The fourth-order valence-electron chi connectivity index (χ4n) is 3.19. The van der Waals surface area contributed by atoms with Crippen LogP contribution in [0.3, 0.4) is 0 Å².